The fourth-order valence-electron chi connectivity index (χ4n) is 9.93. The van der Waals surface area contributed by atoms with E-state index in [1.165, 1.54) is 270 Å². The SMILES string of the molecule is CCCCCCCCCCCCCCCCCCCCCCCCCCCCCCC(=O)NC(COP(=O)(O)OCC[N+](C)(C)C)C(O)CCCCCCCCCCCCCCCCCCCCCC. The fourth-order valence-corrected chi connectivity index (χ4v) is 10.7. The topological polar surface area (TPSA) is 105 Å². The van der Waals surface area contributed by atoms with Gasteiger partial charge in [0, 0.05) is 6.42 Å². The first-order valence-electron chi connectivity index (χ1n) is 31.4. The molecule has 8 nitrogen and oxygen atoms in total. The van der Waals surface area contributed by atoms with Crippen molar-refractivity contribution >= 4 is 13.7 Å². The number of nitrogens with zero attached hydrogens (tertiary/aromatic N) is 1. The van der Waals surface area contributed by atoms with E-state index in [0.717, 1.165) is 38.5 Å². The predicted molar refractivity (Wildman–Crippen MR) is 305 cm³/mol. The van der Waals surface area contributed by atoms with Crippen molar-refractivity contribution in [1.82, 2.24) is 5.32 Å². The van der Waals surface area contributed by atoms with Gasteiger partial charge in [0.2, 0.25) is 5.91 Å². The number of hydrogen-bond donors (Lipinski definition) is 3. The van der Waals surface area contributed by atoms with Crippen LogP contribution in [0.15, 0.2) is 0 Å². The molecule has 0 aliphatic carbocycles. The average Bonchev–Trinajstić information content (AvgIpc) is 3.32. The molecule has 3 N–H and O–H groups in total. The Morgan fingerprint density at radius 2 is 0.686 bits per heavy atom. The molecule has 0 heterocycles. The first kappa shape index (κ1) is 69.5. The highest BCUT2D eigenvalue weighted by Crippen LogP contribution is 2.43. The van der Waals surface area contributed by atoms with Gasteiger partial charge < -0.3 is 19.8 Å². The molecule has 0 aliphatic heterocycles. The zero-order valence-electron chi connectivity index (χ0n) is 48.1. The highest BCUT2D eigenvalue weighted by molar-refractivity contribution is 7.47. The van der Waals surface area contributed by atoms with E-state index in [1.54, 1.807) is 0 Å². The monoisotopic (exact) mass is 1010 g/mol. The van der Waals surface area contributed by atoms with Crippen molar-refractivity contribution in [2.24, 2.45) is 0 Å². The third kappa shape index (κ3) is 55.3. The minimum absolute atomic E-state index is 0.0793. The molecule has 0 fully saturated rings. The van der Waals surface area contributed by atoms with Crippen molar-refractivity contribution in [3.8, 4) is 0 Å². The van der Waals surface area contributed by atoms with Gasteiger partial charge in [-0.05, 0) is 12.8 Å². The summed E-state index contributed by atoms with van der Waals surface area (Å²) in [5.74, 6) is -0.135. The second-order valence-corrected chi connectivity index (χ2v) is 24.6. The number of aliphatic hydroxyl groups is 1. The second-order valence-electron chi connectivity index (χ2n) is 23.2. The molecule has 3 unspecified atom stereocenters. The molecule has 0 spiro atoms. The van der Waals surface area contributed by atoms with Gasteiger partial charge in [-0.25, -0.2) is 4.57 Å². The lowest BCUT2D eigenvalue weighted by Crippen LogP contribution is -2.46. The normalized spacial score (nSPS) is 13.8. The number of likely N-dealkylation sites (N-methyl/N-ethyl adjacent to an activating group) is 1. The number of carbonyl (C=O) groups is 1. The summed E-state index contributed by atoms with van der Waals surface area (Å²) >= 11 is 0. The van der Waals surface area contributed by atoms with E-state index in [9.17, 15) is 19.4 Å². The Bertz CT molecular complexity index is 1100. The lowest BCUT2D eigenvalue weighted by molar-refractivity contribution is -0.870. The molecule has 0 aromatic rings. The summed E-state index contributed by atoms with van der Waals surface area (Å²) in [6.45, 7) is 4.96. The van der Waals surface area contributed by atoms with Crippen molar-refractivity contribution in [1.29, 1.82) is 0 Å². The first-order chi connectivity index (χ1) is 34.0. The zero-order valence-corrected chi connectivity index (χ0v) is 48.9. The summed E-state index contributed by atoms with van der Waals surface area (Å²) < 4.78 is 23.8. The summed E-state index contributed by atoms with van der Waals surface area (Å²) in [5, 5.41) is 14.1. The summed E-state index contributed by atoms with van der Waals surface area (Å²) in [4.78, 5) is 23.4. The van der Waals surface area contributed by atoms with E-state index in [-0.39, 0.29) is 19.1 Å². The van der Waals surface area contributed by atoms with Gasteiger partial charge in [-0.1, -0.05) is 316 Å². The molecule has 0 aliphatic rings. The maximum absolute atomic E-state index is 13.0. The highest BCUT2D eigenvalue weighted by Gasteiger charge is 2.28. The Labute approximate surface area is 438 Å². The van der Waals surface area contributed by atoms with Crippen LogP contribution in [0, 0.1) is 0 Å². The van der Waals surface area contributed by atoms with Gasteiger partial charge >= 0.3 is 7.82 Å². The molecular weight excluding hydrogens is 888 g/mol. The third-order valence-corrected chi connectivity index (χ3v) is 15.8. The number of phosphoric ester groups is 1. The number of amides is 1. The van der Waals surface area contributed by atoms with Crippen LogP contribution in [0.1, 0.15) is 335 Å². The van der Waals surface area contributed by atoms with Crippen LogP contribution in [-0.4, -0.2) is 73.4 Å². The van der Waals surface area contributed by atoms with Crippen LogP contribution >= 0.6 is 7.82 Å². The van der Waals surface area contributed by atoms with E-state index in [1.807, 2.05) is 21.1 Å². The summed E-state index contributed by atoms with van der Waals surface area (Å²) in [5.41, 5.74) is 0. The first-order valence-corrected chi connectivity index (χ1v) is 32.9. The van der Waals surface area contributed by atoms with Crippen LogP contribution in [0.25, 0.3) is 0 Å². The molecule has 0 rings (SSSR count). The van der Waals surface area contributed by atoms with Crippen molar-refractivity contribution in [2.45, 2.75) is 347 Å². The van der Waals surface area contributed by atoms with Gasteiger partial charge in [-0.15, -0.1) is 0 Å². The summed E-state index contributed by atoms with van der Waals surface area (Å²) in [7, 11) is 1.64. The van der Waals surface area contributed by atoms with Crippen LogP contribution in [0.3, 0.4) is 0 Å². The molecule has 0 aromatic carbocycles. The molecule has 70 heavy (non-hydrogen) atoms. The van der Waals surface area contributed by atoms with Crippen LogP contribution in [0.4, 0.5) is 0 Å². The lowest BCUT2D eigenvalue weighted by atomic mass is 10.0. The molecule has 0 bridgehead atoms. The van der Waals surface area contributed by atoms with E-state index in [0.29, 0.717) is 23.9 Å². The van der Waals surface area contributed by atoms with E-state index in [2.05, 4.69) is 19.2 Å². The number of phosphoric acid groups is 1. The van der Waals surface area contributed by atoms with Crippen LogP contribution in [-0.2, 0) is 18.4 Å². The van der Waals surface area contributed by atoms with Gasteiger partial charge in [-0.2, -0.15) is 0 Å². The van der Waals surface area contributed by atoms with Crippen molar-refractivity contribution < 1.29 is 32.9 Å². The Morgan fingerprint density at radius 3 is 0.957 bits per heavy atom. The Morgan fingerprint density at radius 1 is 0.429 bits per heavy atom. The third-order valence-electron chi connectivity index (χ3n) is 14.9. The number of aliphatic hydroxyl groups excluding tert-OH is 1. The number of rotatable bonds is 59. The molecule has 420 valence electrons. The Balaban J connectivity index is 4.04. The quantitative estimate of drug-likeness (QED) is 0.0318. The average molecular weight is 1010 g/mol. The standard InChI is InChI=1S/C61H125N2O6P/c1-6-8-10-12-14-16-18-20-22-24-26-28-29-30-31-32-33-34-35-37-39-41-43-45-47-49-51-53-55-61(65)62-59(58-69-70(66,67)68-57-56-63(3,4)5)60(64)54-52-50-48-46-44-42-40-38-36-27-25-23-21-19-17-15-13-11-9-7-2/h59-60,64H,6-58H2,1-5H3,(H-,62,65,66,67)/p+1. The van der Waals surface area contributed by atoms with Gasteiger partial charge in [0.15, 0.2) is 0 Å². The number of unbranched alkanes of at least 4 members (excludes halogenated alkanes) is 46. The van der Waals surface area contributed by atoms with Crippen LogP contribution < -0.4 is 5.32 Å². The van der Waals surface area contributed by atoms with E-state index < -0.39 is 20.0 Å². The number of hydrogen-bond acceptors (Lipinski definition) is 5. The molecule has 9 heteroatoms. The van der Waals surface area contributed by atoms with Gasteiger partial charge in [0.05, 0.1) is 39.9 Å². The molecular formula is C61H126N2O6P+. The zero-order chi connectivity index (χ0) is 51.3. The molecule has 0 radical (unpaired) electrons. The molecule has 0 saturated carbocycles. The van der Waals surface area contributed by atoms with Crippen molar-refractivity contribution in [3.05, 3.63) is 0 Å². The van der Waals surface area contributed by atoms with Crippen molar-refractivity contribution in [3.63, 3.8) is 0 Å². The molecule has 3 atom stereocenters. The number of carbonyl (C=O) groups excluding carboxylic acids is 1. The summed E-state index contributed by atoms with van der Waals surface area (Å²) in [6, 6.07) is -0.755. The van der Waals surface area contributed by atoms with Crippen LogP contribution in [0.2, 0.25) is 0 Å². The predicted octanol–water partition coefficient (Wildman–Crippen LogP) is 19.2. The minimum atomic E-state index is -4.32. The van der Waals surface area contributed by atoms with E-state index >= 15 is 0 Å². The van der Waals surface area contributed by atoms with Gasteiger partial charge in [-0.3, -0.25) is 13.8 Å². The number of quaternary nitrogens is 1. The Kier molecular flexibility index (Phi) is 52.9. The maximum Gasteiger partial charge on any atom is 0.472 e. The Hall–Kier alpha value is -0.500. The number of nitrogens with one attached hydrogen (secondary N) is 1. The molecule has 0 aromatic heterocycles. The summed E-state index contributed by atoms with van der Waals surface area (Å²) in [6.07, 6.45) is 64.6. The minimum Gasteiger partial charge on any atom is -0.391 e. The highest BCUT2D eigenvalue weighted by atomic mass is 31.2. The second kappa shape index (κ2) is 53.3. The molecule has 0 saturated heterocycles. The maximum atomic E-state index is 13.0. The smallest absolute Gasteiger partial charge is 0.391 e. The van der Waals surface area contributed by atoms with E-state index in [4.69, 9.17) is 9.05 Å². The van der Waals surface area contributed by atoms with Gasteiger partial charge in [0.25, 0.3) is 0 Å². The van der Waals surface area contributed by atoms with Gasteiger partial charge in [0.1, 0.15) is 13.2 Å². The lowest BCUT2D eigenvalue weighted by Gasteiger charge is -2.26. The largest absolute Gasteiger partial charge is 0.472 e. The van der Waals surface area contributed by atoms with Crippen LogP contribution in [0.5, 0.6) is 0 Å². The van der Waals surface area contributed by atoms with Crippen molar-refractivity contribution in [2.75, 3.05) is 40.9 Å². The molecule has 1 amide bonds. The fraction of sp³-hybridized carbons (Fsp3) is 0.984.